The number of nitro benzene ring substituents is 1. The van der Waals surface area contributed by atoms with Gasteiger partial charge in [0.25, 0.3) is 5.69 Å². The number of nitrogens with one attached hydrogen (secondary N) is 1. The summed E-state index contributed by atoms with van der Waals surface area (Å²) in [6, 6.07) is 23.5. The molecule has 0 aliphatic heterocycles. The molecule has 0 fully saturated rings. The number of hydrogen-bond donors (Lipinski definition) is 1. The summed E-state index contributed by atoms with van der Waals surface area (Å²) < 4.78 is 1.51. The molecule has 0 aliphatic carbocycles. The molecule has 164 valence electrons. The van der Waals surface area contributed by atoms with E-state index in [4.69, 9.17) is 0 Å². The predicted octanol–water partition coefficient (Wildman–Crippen LogP) is 4.66. The number of benzene rings is 3. The maximum Gasteiger partial charge on any atom is 0.283 e. The molecule has 0 unspecified atom stereocenters. The van der Waals surface area contributed by atoms with Crippen LogP contribution in [0, 0.1) is 21.4 Å². The quantitative estimate of drug-likeness (QED) is 0.216. The van der Waals surface area contributed by atoms with Crippen LogP contribution in [-0.2, 0) is 0 Å². The number of tetrazole rings is 1. The Morgan fingerprint density at radius 1 is 1.12 bits per heavy atom. The first-order valence-corrected chi connectivity index (χ1v) is 10.8. The summed E-state index contributed by atoms with van der Waals surface area (Å²) in [7, 11) is 0. The number of para-hydroxylation sites is 3. The Morgan fingerprint density at radius 2 is 1.91 bits per heavy atom. The van der Waals surface area contributed by atoms with Crippen molar-refractivity contribution in [2.24, 2.45) is 0 Å². The molecule has 2 heterocycles. The van der Waals surface area contributed by atoms with Crippen molar-refractivity contribution in [3.8, 4) is 11.8 Å². The van der Waals surface area contributed by atoms with Gasteiger partial charge >= 0.3 is 0 Å². The third-order valence-electron chi connectivity index (χ3n) is 4.90. The number of imidazole rings is 1. The van der Waals surface area contributed by atoms with E-state index in [0.29, 0.717) is 21.4 Å². The molecule has 0 aliphatic rings. The molecule has 0 amide bonds. The van der Waals surface area contributed by atoms with E-state index in [1.54, 1.807) is 18.2 Å². The molecule has 5 rings (SSSR count). The third kappa shape index (κ3) is 4.13. The predicted molar refractivity (Wildman–Crippen MR) is 126 cm³/mol. The zero-order valence-electron chi connectivity index (χ0n) is 17.4. The van der Waals surface area contributed by atoms with Crippen molar-refractivity contribution in [3.63, 3.8) is 0 Å². The maximum atomic E-state index is 11.8. The van der Waals surface area contributed by atoms with Gasteiger partial charge < -0.3 is 4.98 Å². The Balaban J connectivity index is 1.49. The Kier molecular flexibility index (Phi) is 5.55. The molecule has 0 bridgehead atoms. The van der Waals surface area contributed by atoms with E-state index in [1.165, 1.54) is 10.7 Å². The topological polar surface area (TPSA) is 139 Å². The lowest BCUT2D eigenvalue weighted by molar-refractivity contribution is -0.387. The van der Waals surface area contributed by atoms with E-state index >= 15 is 0 Å². The summed E-state index contributed by atoms with van der Waals surface area (Å²) in [5.74, 6) is 0.395. The van der Waals surface area contributed by atoms with Crippen molar-refractivity contribution in [2.45, 2.75) is 10.1 Å². The number of rotatable bonds is 6. The van der Waals surface area contributed by atoms with E-state index in [9.17, 15) is 15.4 Å². The van der Waals surface area contributed by atoms with Crippen LogP contribution in [0.2, 0.25) is 0 Å². The molecule has 5 aromatic rings. The average Bonchev–Trinajstić information content (AvgIpc) is 3.50. The SMILES string of the molecule is N#C/C(=C\c1ccc(Sc2nnnn2-c2ccccc2)c([N+](=O)[O-])c1)c1nc2ccccc2[nH]1. The molecule has 34 heavy (non-hydrogen) atoms. The minimum Gasteiger partial charge on any atom is -0.337 e. The number of aromatic amines is 1. The highest BCUT2D eigenvalue weighted by Crippen LogP contribution is 2.35. The first-order valence-electron chi connectivity index (χ1n) is 9.99. The fraction of sp³-hybridized carbons (Fsp3) is 0. The molecule has 1 N–H and O–H groups in total. The van der Waals surface area contributed by atoms with Crippen LogP contribution in [0.5, 0.6) is 0 Å². The van der Waals surface area contributed by atoms with Crippen molar-refractivity contribution in [1.29, 1.82) is 5.26 Å². The molecule has 0 atom stereocenters. The molecule has 0 saturated carbocycles. The van der Waals surface area contributed by atoms with Crippen molar-refractivity contribution >= 4 is 40.1 Å². The minimum atomic E-state index is -0.469. The summed E-state index contributed by atoms with van der Waals surface area (Å²) in [6.45, 7) is 0. The summed E-state index contributed by atoms with van der Waals surface area (Å²) in [5, 5.41) is 33.6. The van der Waals surface area contributed by atoms with Crippen LogP contribution >= 0.6 is 11.8 Å². The maximum absolute atomic E-state index is 11.8. The van der Waals surface area contributed by atoms with Gasteiger partial charge in [0.15, 0.2) is 0 Å². The lowest BCUT2D eigenvalue weighted by Crippen LogP contribution is -1.99. The number of allylic oxidation sites excluding steroid dienone is 1. The molecule has 10 nitrogen and oxygen atoms in total. The minimum absolute atomic E-state index is 0.122. The van der Waals surface area contributed by atoms with Gasteiger partial charge in [-0.2, -0.15) is 9.94 Å². The first kappa shape index (κ1) is 21.0. The van der Waals surface area contributed by atoms with Gasteiger partial charge in [-0.25, -0.2) is 4.98 Å². The highest BCUT2D eigenvalue weighted by molar-refractivity contribution is 7.99. The van der Waals surface area contributed by atoms with Gasteiger partial charge in [-0.05, 0) is 64.2 Å². The molecule has 0 saturated heterocycles. The largest absolute Gasteiger partial charge is 0.337 e. The number of nitriles is 1. The van der Waals surface area contributed by atoms with Gasteiger partial charge in [0, 0.05) is 6.07 Å². The van der Waals surface area contributed by atoms with Crippen LogP contribution in [0.3, 0.4) is 0 Å². The van der Waals surface area contributed by atoms with Crippen LogP contribution in [-0.4, -0.2) is 35.1 Å². The van der Waals surface area contributed by atoms with Crippen LogP contribution < -0.4 is 0 Å². The number of aromatic nitrogens is 6. The van der Waals surface area contributed by atoms with E-state index in [-0.39, 0.29) is 11.3 Å². The van der Waals surface area contributed by atoms with E-state index in [1.807, 2.05) is 54.6 Å². The number of hydrogen-bond acceptors (Lipinski definition) is 8. The number of H-pyrrole nitrogens is 1. The Morgan fingerprint density at radius 3 is 2.68 bits per heavy atom. The summed E-state index contributed by atoms with van der Waals surface area (Å²) >= 11 is 1.08. The number of nitrogens with zero attached hydrogens (tertiary/aromatic N) is 7. The van der Waals surface area contributed by atoms with E-state index < -0.39 is 4.92 Å². The zero-order chi connectivity index (χ0) is 23.5. The zero-order valence-corrected chi connectivity index (χ0v) is 18.2. The van der Waals surface area contributed by atoms with Crippen molar-refractivity contribution in [1.82, 2.24) is 30.2 Å². The van der Waals surface area contributed by atoms with Gasteiger partial charge in [-0.1, -0.05) is 36.4 Å². The molecule has 0 spiro atoms. The van der Waals surface area contributed by atoms with E-state index in [0.717, 1.165) is 28.5 Å². The Bertz CT molecular complexity index is 1550. The third-order valence-corrected chi connectivity index (χ3v) is 5.90. The summed E-state index contributed by atoms with van der Waals surface area (Å²) in [4.78, 5) is 19.3. The van der Waals surface area contributed by atoms with E-state index in [2.05, 4.69) is 31.6 Å². The van der Waals surface area contributed by atoms with Gasteiger partial charge in [0.05, 0.1) is 32.1 Å². The van der Waals surface area contributed by atoms with Crippen molar-refractivity contribution < 1.29 is 4.92 Å². The second-order valence-electron chi connectivity index (χ2n) is 7.07. The van der Waals surface area contributed by atoms with Crippen LogP contribution in [0.15, 0.2) is 82.8 Å². The highest BCUT2D eigenvalue weighted by Gasteiger charge is 2.19. The first-order chi connectivity index (χ1) is 16.6. The fourth-order valence-corrected chi connectivity index (χ4v) is 4.20. The van der Waals surface area contributed by atoms with Crippen molar-refractivity contribution in [2.75, 3.05) is 0 Å². The standard InChI is InChI=1S/C23H14N8O2S/c24-14-16(22-25-18-8-4-5-9-19(18)26-22)12-15-10-11-21(20(13-15)31(32)33)34-23-27-28-29-30(23)17-6-2-1-3-7-17/h1-13H,(H,25,26)/b16-12+. The Labute approximate surface area is 196 Å². The molecule has 3 aromatic carbocycles. The van der Waals surface area contributed by atoms with Crippen LogP contribution in [0.25, 0.3) is 28.4 Å². The summed E-state index contributed by atoms with van der Waals surface area (Å²) in [6.07, 6.45) is 1.56. The van der Waals surface area contributed by atoms with Gasteiger partial charge in [0.2, 0.25) is 5.16 Å². The monoisotopic (exact) mass is 466 g/mol. The molecule has 0 radical (unpaired) electrons. The van der Waals surface area contributed by atoms with Crippen LogP contribution in [0.1, 0.15) is 11.4 Å². The number of nitro groups is 1. The normalized spacial score (nSPS) is 11.4. The average molecular weight is 466 g/mol. The lowest BCUT2D eigenvalue weighted by atomic mass is 10.1. The Hall–Kier alpha value is -4.82. The van der Waals surface area contributed by atoms with Crippen molar-refractivity contribution in [3.05, 3.63) is 94.3 Å². The van der Waals surface area contributed by atoms with Crippen LogP contribution in [0.4, 0.5) is 5.69 Å². The van der Waals surface area contributed by atoms with Gasteiger partial charge in [0.1, 0.15) is 11.9 Å². The molecular formula is C23H14N8O2S. The molecule has 11 heteroatoms. The fourth-order valence-electron chi connectivity index (χ4n) is 3.33. The highest BCUT2D eigenvalue weighted by atomic mass is 32.2. The van der Waals surface area contributed by atoms with Gasteiger partial charge in [-0.3, -0.25) is 10.1 Å². The van der Waals surface area contributed by atoms with Gasteiger partial charge in [-0.15, -0.1) is 5.10 Å². The lowest BCUT2D eigenvalue weighted by Gasteiger charge is -2.05. The summed E-state index contributed by atoms with van der Waals surface area (Å²) in [5.41, 5.74) is 2.90. The molecule has 2 aromatic heterocycles. The second-order valence-corrected chi connectivity index (χ2v) is 8.08. The smallest absolute Gasteiger partial charge is 0.283 e. The molecular weight excluding hydrogens is 452 g/mol. The second kappa shape index (κ2) is 8.97. The number of fused-ring (bicyclic) bond motifs is 1.